The summed E-state index contributed by atoms with van der Waals surface area (Å²) in [4.78, 5) is 4.52. The Labute approximate surface area is 152 Å². The Kier molecular flexibility index (Phi) is 5.04. The second-order valence-electron chi connectivity index (χ2n) is 5.10. The van der Waals surface area contributed by atoms with Gasteiger partial charge in [-0.1, -0.05) is 40.2 Å². The number of rotatable bonds is 4. The third-order valence-electron chi connectivity index (χ3n) is 3.27. The molecule has 0 bridgehead atoms. The van der Waals surface area contributed by atoms with Crippen LogP contribution in [-0.2, 0) is 0 Å². The van der Waals surface area contributed by atoms with E-state index in [2.05, 4.69) is 37.5 Å². The van der Waals surface area contributed by atoms with Crippen molar-refractivity contribution in [3.05, 3.63) is 69.0 Å². The normalized spacial score (nSPS) is 11.1. The zero-order valence-electron chi connectivity index (χ0n) is 12.8. The van der Waals surface area contributed by atoms with E-state index in [-0.39, 0.29) is 5.71 Å². The van der Waals surface area contributed by atoms with Crippen LogP contribution < -0.4 is 5.43 Å². The predicted octanol–water partition coefficient (Wildman–Crippen LogP) is 5.22. The lowest BCUT2D eigenvalue weighted by Gasteiger charge is -2.01. The van der Waals surface area contributed by atoms with Crippen LogP contribution in [0.2, 0.25) is 0 Å². The quantitative estimate of drug-likeness (QED) is 0.485. The first-order valence-corrected chi connectivity index (χ1v) is 8.85. The van der Waals surface area contributed by atoms with Gasteiger partial charge in [-0.3, -0.25) is 5.43 Å². The van der Waals surface area contributed by atoms with Crippen LogP contribution in [0.4, 0.5) is 5.69 Å². The molecule has 1 aromatic heterocycles. The van der Waals surface area contributed by atoms with Crippen molar-refractivity contribution >= 4 is 38.7 Å². The van der Waals surface area contributed by atoms with E-state index in [1.807, 2.05) is 60.8 Å². The molecular formula is C18H13BrN4S. The van der Waals surface area contributed by atoms with Gasteiger partial charge >= 0.3 is 0 Å². The molecule has 0 saturated carbocycles. The van der Waals surface area contributed by atoms with Crippen molar-refractivity contribution in [3.8, 4) is 17.3 Å². The van der Waals surface area contributed by atoms with Gasteiger partial charge in [-0.05, 0) is 36.8 Å². The average molecular weight is 397 g/mol. The van der Waals surface area contributed by atoms with Crippen molar-refractivity contribution in [3.63, 3.8) is 0 Å². The molecule has 1 heterocycles. The lowest BCUT2D eigenvalue weighted by molar-refractivity contribution is 1.30. The third kappa shape index (κ3) is 3.88. The van der Waals surface area contributed by atoms with Crippen LogP contribution in [0.1, 0.15) is 10.6 Å². The molecule has 24 heavy (non-hydrogen) atoms. The maximum absolute atomic E-state index is 9.37. The number of hydrazone groups is 1. The second-order valence-corrected chi connectivity index (χ2v) is 6.87. The molecule has 118 valence electrons. The zero-order chi connectivity index (χ0) is 16.9. The fourth-order valence-corrected chi connectivity index (χ4v) is 3.12. The van der Waals surface area contributed by atoms with Gasteiger partial charge in [0.05, 0.1) is 11.4 Å². The molecule has 4 nitrogen and oxygen atoms in total. The van der Waals surface area contributed by atoms with Crippen molar-refractivity contribution < 1.29 is 0 Å². The smallest absolute Gasteiger partial charge is 0.196 e. The Bertz CT molecular complexity index is 923. The first kappa shape index (κ1) is 16.4. The van der Waals surface area contributed by atoms with Gasteiger partial charge in [-0.15, -0.1) is 11.3 Å². The van der Waals surface area contributed by atoms with Gasteiger partial charge in [0.2, 0.25) is 0 Å². The molecule has 3 rings (SSSR count). The van der Waals surface area contributed by atoms with Crippen LogP contribution in [0.5, 0.6) is 0 Å². The Morgan fingerprint density at radius 1 is 1.25 bits per heavy atom. The summed E-state index contributed by atoms with van der Waals surface area (Å²) in [7, 11) is 0. The Morgan fingerprint density at radius 3 is 2.75 bits per heavy atom. The van der Waals surface area contributed by atoms with E-state index in [4.69, 9.17) is 0 Å². The zero-order valence-corrected chi connectivity index (χ0v) is 15.2. The van der Waals surface area contributed by atoms with Gasteiger partial charge in [-0.25, -0.2) is 4.98 Å². The number of nitrogens with one attached hydrogen (secondary N) is 1. The van der Waals surface area contributed by atoms with Gasteiger partial charge in [0.25, 0.3) is 0 Å². The standard InChI is InChI=1S/C18H13BrN4S/c1-12-3-2-4-15(9-12)22-23-16(10-20)18-21-17(11-24-18)13-5-7-14(19)8-6-13/h2-9,11,22H,1H3/b23-16+. The fourth-order valence-electron chi connectivity index (χ4n) is 2.09. The highest BCUT2D eigenvalue weighted by Crippen LogP contribution is 2.24. The topological polar surface area (TPSA) is 61.1 Å². The van der Waals surface area contributed by atoms with Crippen molar-refractivity contribution in [2.45, 2.75) is 6.92 Å². The molecule has 0 aliphatic rings. The minimum absolute atomic E-state index is 0.268. The summed E-state index contributed by atoms with van der Waals surface area (Å²) in [5.41, 5.74) is 6.99. The van der Waals surface area contributed by atoms with Crippen LogP contribution >= 0.6 is 27.3 Å². The molecule has 1 N–H and O–H groups in total. The molecular weight excluding hydrogens is 384 g/mol. The van der Waals surface area contributed by atoms with Crippen LogP contribution in [0, 0.1) is 18.3 Å². The lowest BCUT2D eigenvalue weighted by atomic mass is 10.2. The molecule has 0 spiro atoms. The van der Waals surface area contributed by atoms with E-state index >= 15 is 0 Å². The molecule has 0 aliphatic heterocycles. The SMILES string of the molecule is Cc1cccc(N/N=C(\C#N)c2nc(-c3ccc(Br)cc3)cs2)c1. The number of benzene rings is 2. The molecule has 6 heteroatoms. The Balaban J connectivity index is 1.82. The number of hydrogen-bond donors (Lipinski definition) is 1. The van der Waals surface area contributed by atoms with Crippen LogP contribution in [0.25, 0.3) is 11.3 Å². The number of aromatic nitrogens is 1. The number of nitriles is 1. The minimum atomic E-state index is 0.268. The van der Waals surface area contributed by atoms with Crippen molar-refractivity contribution in [2.75, 3.05) is 5.43 Å². The number of aryl methyl sites for hydroxylation is 1. The largest absolute Gasteiger partial charge is 0.277 e. The molecule has 0 unspecified atom stereocenters. The van der Waals surface area contributed by atoms with E-state index in [1.165, 1.54) is 11.3 Å². The summed E-state index contributed by atoms with van der Waals surface area (Å²) in [6, 6.07) is 17.8. The monoisotopic (exact) mass is 396 g/mol. The molecule has 3 aromatic rings. The van der Waals surface area contributed by atoms with E-state index in [1.54, 1.807) is 0 Å². The van der Waals surface area contributed by atoms with Gasteiger partial charge in [-0.2, -0.15) is 10.4 Å². The average Bonchev–Trinajstić information content (AvgIpc) is 3.06. The number of thiazole rings is 1. The van der Waals surface area contributed by atoms with Gasteiger partial charge in [0.15, 0.2) is 10.7 Å². The van der Waals surface area contributed by atoms with E-state index in [0.29, 0.717) is 5.01 Å². The van der Waals surface area contributed by atoms with E-state index < -0.39 is 0 Å². The number of anilines is 1. The van der Waals surface area contributed by atoms with Crippen molar-refractivity contribution in [1.82, 2.24) is 4.98 Å². The predicted molar refractivity (Wildman–Crippen MR) is 102 cm³/mol. The number of nitrogens with zero attached hydrogens (tertiary/aromatic N) is 3. The summed E-state index contributed by atoms with van der Waals surface area (Å²) in [6.45, 7) is 2.01. The molecule has 0 aliphatic carbocycles. The molecule has 0 radical (unpaired) electrons. The minimum Gasteiger partial charge on any atom is -0.277 e. The van der Waals surface area contributed by atoms with Crippen LogP contribution in [0.3, 0.4) is 0 Å². The second kappa shape index (κ2) is 7.39. The van der Waals surface area contributed by atoms with Crippen molar-refractivity contribution in [1.29, 1.82) is 5.26 Å². The molecule has 0 fully saturated rings. The summed E-state index contributed by atoms with van der Waals surface area (Å²) in [5.74, 6) is 0. The van der Waals surface area contributed by atoms with Crippen molar-refractivity contribution in [2.24, 2.45) is 5.10 Å². The molecule has 0 atom stereocenters. The highest BCUT2D eigenvalue weighted by atomic mass is 79.9. The molecule has 0 amide bonds. The summed E-state index contributed by atoms with van der Waals surface area (Å²) in [6.07, 6.45) is 0. The summed E-state index contributed by atoms with van der Waals surface area (Å²) >= 11 is 4.82. The first-order valence-electron chi connectivity index (χ1n) is 7.18. The third-order valence-corrected chi connectivity index (χ3v) is 4.65. The lowest BCUT2D eigenvalue weighted by Crippen LogP contribution is -2.01. The van der Waals surface area contributed by atoms with Gasteiger partial charge in [0, 0.05) is 15.4 Å². The fraction of sp³-hybridized carbons (Fsp3) is 0.0556. The number of halogens is 1. The first-order chi connectivity index (χ1) is 11.7. The maximum Gasteiger partial charge on any atom is 0.196 e. The van der Waals surface area contributed by atoms with E-state index in [9.17, 15) is 5.26 Å². The number of hydrogen-bond acceptors (Lipinski definition) is 5. The highest BCUT2D eigenvalue weighted by molar-refractivity contribution is 9.10. The van der Waals surface area contributed by atoms with Crippen LogP contribution in [0.15, 0.2) is 63.5 Å². The Morgan fingerprint density at radius 2 is 2.04 bits per heavy atom. The Hall–Kier alpha value is -2.49. The van der Waals surface area contributed by atoms with Gasteiger partial charge in [0.1, 0.15) is 6.07 Å². The van der Waals surface area contributed by atoms with E-state index in [0.717, 1.165) is 27.0 Å². The van der Waals surface area contributed by atoms with Crippen LogP contribution in [-0.4, -0.2) is 10.7 Å². The molecule has 0 saturated heterocycles. The summed E-state index contributed by atoms with van der Waals surface area (Å²) < 4.78 is 1.02. The van der Waals surface area contributed by atoms with Gasteiger partial charge < -0.3 is 0 Å². The molecule has 2 aromatic carbocycles. The maximum atomic E-state index is 9.37. The summed E-state index contributed by atoms with van der Waals surface area (Å²) in [5, 5.41) is 16.1. The highest BCUT2D eigenvalue weighted by Gasteiger charge is 2.10.